The van der Waals surface area contributed by atoms with Crippen molar-refractivity contribution in [2.24, 2.45) is 23.7 Å². The number of Topliss-reactive ketones (excluding diaryl/α,β-unsaturated/α-hetero) is 1. The van der Waals surface area contributed by atoms with Gasteiger partial charge in [-0.25, -0.2) is 8.98 Å². The van der Waals surface area contributed by atoms with Crippen molar-refractivity contribution < 1.29 is 99.4 Å². The van der Waals surface area contributed by atoms with Crippen LogP contribution in [0.5, 0.6) is 11.5 Å². The predicted octanol–water partition coefficient (Wildman–Crippen LogP) is 9.32. The highest BCUT2D eigenvalue weighted by molar-refractivity contribution is 7.80. The van der Waals surface area contributed by atoms with Crippen LogP contribution in [0.4, 0.5) is 0 Å². The van der Waals surface area contributed by atoms with E-state index in [0.29, 0.717) is 36.2 Å². The van der Waals surface area contributed by atoms with Gasteiger partial charge >= 0.3 is 28.0 Å². The normalized spacial score (nSPS) is 32.9. The van der Waals surface area contributed by atoms with Gasteiger partial charge in [0.2, 0.25) is 0 Å². The van der Waals surface area contributed by atoms with E-state index in [-0.39, 0.29) is 50.2 Å². The Morgan fingerprint density at radius 1 is 0.811 bits per heavy atom. The molecule has 23 nitrogen and oxygen atoms in total. The van der Waals surface area contributed by atoms with E-state index >= 15 is 0 Å². The first kappa shape index (κ1) is 80.1. The van der Waals surface area contributed by atoms with Gasteiger partial charge < -0.3 is 72.7 Å². The van der Waals surface area contributed by atoms with Gasteiger partial charge in [0.1, 0.15) is 35.8 Å². The van der Waals surface area contributed by atoms with Gasteiger partial charge in [0.05, 0.1) is 60.3 Å². The number of ether oxygens (including phenoxy) is 8. The number of nitrogens with zero attached hydrogens (tertiary/aromatic N) is 1. The molecule has 0 radical (unpaired) electrons. The molecule has 3 saturated heterocycles. The largest absolute Gasteiger partial charge is 0.504 e. The number of esters is 2. The van der Waals surface area contributed by atoms with Crippen LogP contribution in [0, 0.1) is 23.7 Å². The summed E-state index contributed by atoms with van der Waals surface area (Å²) in [5.74, 6) is -5.26. The van der Waals surface area contributed by atoms with Crippen molar-refractivity contribution in [1.29, 1.82) is 0 Å². The maximum atomic E-state index is 14.2. The molecular weight excluding hydrogens is 1190 g/mol. The minimum atomic E-state index is -4.23. The van der Waals surface area contributed by atoms with Gasteiger partial charge in [-0.05, 0) is 113 Å². The number of phenolic OH excluding ortho intramolecular Hbond substituents is 1. The molecule has 18 atom stereocenters. The van der Waals surface area contributed by atoms with Crippen molar-refractivity contribution in [2.45, 2.75) is 278 Å². The molecule has 1 aromatic carbocycles. The number of carbonyl (C=O) groups excluding carboxylic acids is 3. The summed E-state index contributed by atoms with van der Waals surface area (Å²) in [6.07, 6.45) is 4.07. The monoisotopic (exact) mass is 1300 g/mol. The van der Waals surface area contributed by atoms with Gasteiger partial charge in [-0.1, -0.05) is 105 Å². The summed E-state index contributed by atoms with van der Waals surface area (Å²) in [7, 11) is 0.973. The number of unbranched alkanes of at least 4 members (excludes halogenated alkanes) is 9. The third-order valence-electron chi connectivity index (χ3n) is 17.5. The first-order valence-corrected chi connectivity index (χ1v) is 33.6. The van der Waals surface area contributed by atoms with Crippen molar-refractivity contribution in [2.75, 3.05) is 34.4 Å². The lowest BCUT2D eigenvalue weighted by atomic mass is 9.74. The molecule has 1 aromatic heterocycles. The molecule has 90 heavy (non-hydrogen) atoms. The SMILES string of the molecule is CC(C)=CCOc1cc2oc(=O)ccc2cc1O.CCC(=O)OC1C(OC2C(C)C(OC3CC(C)(OC)C(O)C(C)O3)C(C)C(=O)OC(CC)C(C)(O)C(O)C(C)C(=O)C(C)CC2(C)O)OC(C)CC1N(C)C.CCCCCCCCCCCCOS(=O)(=O)O. The fourth-order valence-electron chi connectivity index (χ4n) is 12.0. The maximum Gasteiger partial charge on any atom is 0.397 e. The first-order chi connectivity index (χ1) is 42.0. The lowest BCUT2D eigenvalue weighted by Crippen LogP contribution is -2.61. The van der Waals surface area contributed by atoms with Crippen LogP contribution in [0.25, 0.3) is 11.0 Å². The topological polar surface area (TPSA) is 323 Å². The van der Waals surface area contributed by atoms with Gasteiger partial charge in [0, 0.05) is 55.2 Å². The first-order valence-electron chi connectivity index (χ1n) is 32.2. The number of cyclic esters (lactones) is 1. The third-order valence-corrected chi connectivity index (χ3v) is 18.0. The number of rotatable bonds is 24. The van der Waals surface area contributed by atoms with E-state index in [1.165, 1.54) is 91.0 Å². The van der Waals surface area contributed by atoms with Crippen LogP contribution in [0.1, 0.15) is 193 Å². The van der Waals surface area contributed by atoms with E-state index in [1.807, 2.05) is 45.8 Å². The van der Waals surface area contributed by atoms with Crippen molar-refractivity contribution >= 4 is 39.1 Å². The van der Waals surface area contributed by atoms with Crippen molar-refractivity contribution in [1.82, 2.24) is 4.90 Å². The number of fused-ring (bicyclic) bond motifs is 1. The van der Waals surface area contributed by atoms with Crippen LogP contribution in [-0.2, 0) is 62.1 Å². The Balaban J connectivity index is 0.000000486. The van der Waals surface area contributed by atoms with Gasteiger partial charge in [-0.3, -0.25) is 18.9 Å². The van der Waals surface area contributed by atoms with E-state index in [0.717, 1.165) is 18.4 Å². The zero-order chi connectivity index (χ0) is 68.1. The number of aliphatic hydroxyl groups is 4. The summed E-state index contributed by atoms with van der Waals surface area (Å²) >= 11 is 0. The molecule has 4 heterocycles. The maximum absolute atomic E-state index is 14.2. The molecule has 6 N–H and O–H groups in total. The molecule has 5 rings (SSSR count). The number of likely N-dealkylation sites (N-methyl/N-ethyl adjacent to an activating group) is 1. The Bertz CT molecular complexity index is 2710. The molecule has 2 aromatic rings. The van der Waals surface area contributed by atoms with Crippen molar-refractivity contribution in [3.63, 3.8) is 0 Å². The number of hydrogen-bond acceptors (Lipinski definition) is 22. The molecule has 0 spiro atoms. The van der Waals surface area contributed by atoms with E-state index < -0.39 is 130 Å². The van der Waals surface area contributed by atoms with Gasteiger partial charge in [-0.2, -0.15) is 8.42 Å². The van der Waals surface area contributed by atoms with Crippen LogP contribution in [0.3, 0.4) is 0 Å². The molecule has 0 aliphatic carbocycles. The van der Waals surface area contributed by atoms with Gasteiger partial charge in [0.25, 0.3) is 0 Å². The van der Waals surface area contributed by atoms with Crippen LogP contribution < -0.4 is 10.4 Å². The molecule has 3 aliphatic heterocycles. The highest BCUT2D eigenvalue weighted by atomic mass is 32.3. The highest BCUT2D eigenvalue weighted by Gasteiger charge is 2.54. The smallest absolute Gasteiger partial charge is 0.397 e. The lowest BCUT2D eigenvalue weighted by molar-refractivity contribution is -0.319. The second-order valence-corrected chi connectivity index (χ2v) is 27.0. The number of carbonyl (C=O) groups is 3. The Kier molecular flexibility index (Phi) is 33.0. The minimum absolute atomic E-state index is 0.0264. The third kappa shape index (κ3) is 24.3. The number of methoxy groups -OCH3 is 1. The zero-order valence-corrected chi connectivity index (χ0v) is 57.5. The summed E-state index contributed by atoms with van der Waals surface area (Å²) in [6.45, 7) is 24.6. The van der Waals surface area contributed by atoms with Gasteiger partial charge in [0.15, 0.2) is 30.2 Å². The lowest BCUT2D eigenvalue weighted by Gasteiger charge is -2.49. The fourth-order valence-corrected chi connectivity index (χ4v) is 12.3. The Morgan fingerprint density at radius 3 is 1.98 bits per heavy atom. The average molecular weight is 1300 g/mol. The molecule has 3 aliphatic rings. The number of benzene rings is 1. The van der Waals surface area contributed by atoms with E-state index in [1.54, 1.807) is 54.5 Å². The number of ketones is 1. The van der Waals surface area contributed by atoms with Crippen LogP contribution in [0.2, 0.25) is 0 Å². The predicted molar refractivity (Wildman–Crippen MR) is 339 cm³/mol. The highest BCUT2D eigenvalue weighted by Crippen LogP contribution is 2.41. The fraction of sp³-hybridized carbons (Fsp3) is 0.788. The molecule has 18 unspecified atom stereocenters. The molecular formula is C66H111NO22S. The molecule has 0 bridgehead atoms. The Labute approximate surface area is 534 Å². The number of phenols is 1. The van der Waals surface area contributed by atoms with Crippen LogP contribution in [0.15, 0.2) is 45.1 Å². The van der Waals surface area contributed by atoms with E-state index in [9.17, 15) is 53.1 Å². The minimum Gasteiger partial charge on any atom is -0.504 e. The summed E-state index contributed by atoms with van der Waals surface area (Å²) in [6, 6.07) is 5.62. The van der Waals surface area contributed by atoms with Crippen LogP contribution >= 0.6 is 0 Å². The number of aromatic hydroxyl groups is 1. The summed E-state index contributed by atoms with van der Waals surface area (Å²) in [5, 5.41) is 57.0. The Hall–Kier alpha value is -4.15. The van der Waals surface area contributed by atoms with E-state index in [4.69, 9.17) is 46.9 Å². The molecule has 24 heteroatoms. The molecule has 518 valence electrons. The van der Waals surface area contributed by atoms with Gasteiger partial charge in [-0.15, -0.1) is 0 Å². The zero-order valence-electron chi connectivity index (χ0n) is 56.6. The second kappa shape index (κ2) is 37.1. The second-order valence-electron chi connectivity index (χ2n) is 25.9. The average Bonchev–Trinajstić information content (AvgIpc) is 0.812. The van der Waals surface area contributed by atoms with E-state index in [2.05, 4.69) is 11.1 Å². The molecule has 3 fully saturated rings. The van der Waals surface area contributed by atoms with Crippen molar-refractivity contribution in [3.05, 3.63) is 46.3 Å². The summed E-state index contributed by atoms with van der Waals surface area (Å²) < 4.78 is 87.0. The molecule has 0 amide bonds. The summed E-state index contributed by atoms with van der Waals surface area (Å²) in [4.78, 5) is 54.0. The molecule has 0 saturated carbocycles. The number of allylic oxidation sites excluding steroid dienone is 1. The van der Waals surface area contributed by atoms with Crippen LogP contribution in [-0.4, -0.2) is 180 Å². The summed E-state index contributed by atoms with van der Waals surface area (Å²) in [5.41, 5.74) is -3.83. The Morgan fingerprint density at radius 2 is 1.42 bits per heavy atom. The number of aliphatic hydroxyl groups excluding tert-OH is 2. The standard InChI is InChI=1S/C40H71NO14.C14H14O4.C12H26O4S/c1-15-27-40(11,48)33(44)22(5)30(43)20(3)18-38(9,47)35(55-37-32(53-28(42)16-2)26(41(12)13)17-21(4)50-37)23(6)31(24(7)36(46)52-27)54-29-19-39(10,49-14)34(45)25(8)51-29;1-9(2)5-6-17-13-8-12-10(7-11(13)15)3-4-14(16)18-12;1-2-3-4-5-6-7-8-9-10-11-12-16-17(13,14)15/h20-27,29,31-35,37,44-45,47-48H,15-19H2,1-14H3;3-5,7-8,15H,6H2,1-2H3;2-12H2,1H3,(H,13,14,15). The van der Waals surface area contributed by atoms with Crippen molar-refractivity contribution in [3.8, 4) is 11.5 Å². The quantitative estimate of drug-likeness (QED) is 0.0187. The number of hydrogen-bond donors (Lipinski definition) is 6.